The van der Waals surface area contributed by atoms with Gasteiger partial charge in [0.1, 0.15) is 0 Å². The molecule has 0 spiro atoms. The van der Waals surface area contributed by atoms with Crippen molar-refractivity contribution in [2.75, 3.05) is 6.54 Å². The van der Waals surface area contributed by atoms with Crippen LogP contribution in [0.5, 0.6) is 0 Å². The van der Waals surface area contributed by atoms with Gasteiger partial charge in [0.05, 0.1) is 12.1 Å². The summed E-state index contributed by atoms with van der Waals surface area (Å²) in [4.78, 5) is 17.6. The zero-order chi connectivity index (χ0) is 18.5. The average molecular weight is 379 g/mol. The number of H-pyrrole nitrogens is 1. The molecule has 2 aromatic carbocycles. The van der Waals surface area contributed by atoms with Crippen LogP contribution in [0, 0.1) is 0 Å². The highest BCUT2D eigenvalue weighted by Crippen LogP contribution is 2.31. The maximum atomic E-state index is 12.7. The molecule has 0 atom stereocenters. The summed E-state index contributed by atoms with van der Waals surface area (Å²) >= 11 is 6.06. The Morgan fingerprint density at radius 3 is 2.54 bits per heavy atom. The first-order valence-electron chi connectivity index (χ1n) is 8.08. The van der Waals surface area contributed by atoms with Crippen molar-refractivity contribution in [1.29, 1.82) is 0 Å². The van der Waals surface area contributed by atoms with Gasteiger partial charge in [-0.2, -0.15) is 13.2 Å². The molecule has 134 valence electrons. The zero-order valence-corrected chi connectivity index (χ0v) is 14.3. The summed E-state index contributed by atoms with van der Waals surface area (Å²) in [5.41, 5.74) is 2.53. The second-order valence-electron chi connectivity index (χ2n) is 6.32. The first-order chi connectivity index (χ1) is 12.3. The van der Waals surface area contributed by atoms with Crippen molar-refractivity contribution in [3.63, 3.8) is 0 Å². The van der Waals surface area contributed by atoms with Gasteiger partial charge in [0.2, 0.25) is 0 Å². The molecule has 0 fully saturated rings. The van der Waals surface area contributed by atoms with E-state index in [1.807, 2.05) is 12.1 Å². The van der Waals surface area contributed by atoms with Crippen LogP contribution in [-0.2, 0) is 19.1 Å². The van der Waals surface area contributed by atoms with E-state index in [-0.39, 0.29) is 11.5 Å². The molecule has 1 aromatic heterocycles. The normalized spacial score (nSPS) is 14.5. The number of rotatable bonds is 1. The summed E-state index contributed by atoms with van der Waals surface area (Å²) in [5, 5.41) is 1.71. The monoisotopic (exact) mass is 378 g/mol. The van der Waals surface area contributed by atoms with Crippen LogP contribution in [0.3, 0.4) is 0 Å². The SMILES string of the molecule is O=C(c1ccc(C(F)(F)F)cc1)N1CCc2c([nH]c3ccc(Cl)cc23)C1. The minimum absolute atomic E-state index is 0.251. The van der Waals surface area contributed by atoms with Gasteiger partial charge in [-0.3, -0.25) is 4.79 Å². The number of nitrogens with zero attached hydrogens (tertiary/aromatic N) is 1. The maximum absolute atomic E-state index is 12.7. The van der Waals surface area contributed by atoms with Crippen molar-refractivity contribution in [3.8, 4) is 0 Å². The molecule has 1 amide bonds. The minimum atomic E-state index is -4.41. The lowest BCUT2D eigenvalue weighted by Gasteiger charge is -2.27. The first kappa shape index (κ1) is 17.0. The minimum Gasteiger partial charge on any atom is -0.357 e. The van der Waals surface area contributed by atoms with Crippen molar-refractivity contribution in [2.24, 2.45) is 0 Å². The number of amides is 1. The van der Waals surface area contributed by atoms with E-state index in [2.05, 4.69) is 4.98 Å². The summed E-state index contributed by atoms with van der Waals surface area (Å²) in [6.45, 7) is 0.897. The summed E-state index contributed by atoms with van der Waals surface area (Å²) in [5.74, 6) is -0.277. The molecule has 0 saturated carbocycles. The number of aromatic amines is 1. The number of halogens is 4. The van der Waals surface area contributed by atoms with Crippen molar-refractivity contribution >= 4 is 28.4 Å². The average Bonchev–Trinajstić information content (AvgIpc) is 2.97. The Hall–Kier alpha value is -2.47. The van der Waals surface area contributed by atoms with E-state index in [0.717, 1.165) is 34.3 Å². The lowest BCUT2D eigenvalue weighted by Crippen LogP contribution is -2.35. The fraction of sp³-hybridized carbons (Fsp3) is 0.211. The van der Waals surface area contributed by atoms with E-state index >= 15 is 0 Å². The summed E-state index contributed by atoms with van der Waals surface area (Å²) < 4.78 is 38.0. The number of alkyl halides is 3. The molecule has 4 rings (SSSR count). The third kappa shape index (κ3) is 2.94. The van der Waals surface area contributed by atoms with Crippen LogP contribution >= 0.6 is 11.6 Å². The second-order valence-corrected chi connectivity index (χ2v) is 6.76. The van der Waals surface area contributed by atoms with Crippen molar-refractivity contribution < 1.29 is 18.0 Å². The first-order valence-corrected chi connectivity index (χ1v) is 8.46. The van der Waals surface area contributed by atoms with Crippen molar-refractivity contribution in [2.45, 2.75) is 19.1 Å². The van der Waals surface area contributed by atoms with Crippen LogP contribution in [0.2, 0.25) is 5.02 Å². The Labute approximate surface area is 152 Å². The van der Waals surface area contributed by atoms with Crippen LogP contribution in [0.4, 0.5) is 13.2 Å². The fourth-order valence-corrected chi connectivity index (χ4v) is 3.54. The Morgan fingerprint density at radius 2 is 1.85 bits per heavy atom. The zero-order valence-electron chi connectivity index (χ0n) is 13.5. The van der Waals surface area contributed by atoms with Gasteiger partial charge in [0.15, 0.2) is 0 Å². The topological polar surface area (TPSA) is 36.1 Å². The van der Waals surface area contributed by atoms with Gasteiger partial charge in [0.25, 0.3) is 5.91 Å². The lowest BCUT2D eigenvalue weighted by atomic mass is 10.0. The standard InChI is InChI=1S/C19H14ClF3N2O/c20-13-5-6-16-15(9-13)14-7-8-25(10-17(14)24-16)18(26)11-1-3-12(4-2-11)19(21,22)23/h1-6,9,24H,7-8,10H2. The van der Waals surface area contributed by atoms with Gasteiger partial charge in [0, 0.05) is 33.7 Å². The molecule has 2 heterocycles. The third-order valence-electron chi connectivity index (χ3n) is 4.68. The van der Waals surface area contributed by atoms with E-state index in [1.54, 1.807) is 11.0 Å². The maximum Gasteiger partial charge on any atom is 0.416 e. The second kappa shape index (κ2) is 6.06. The molecule has 26 heavy (non-hydrogen) atoms. The fourth-order valence-electron chi connectivity index (χ4n) is 3.37. The van der Waals surface area contributed by atoms with Crippen molar-refractivity contribution in [3.05, 3.63) is 69.9 Å². The molecule has 0 saturated heterocycles. The number of hydrogen-bond acceptors (Lipinski definition) is 1. The summed E-state index contributed by atoms with van der Waals surface area (Å²) in [6.07, 6.45) is -3.74. The predicted octanol–water partition coefficient (Wildman–Crippen LogP) is 5.04. The smallest absolute Gasteiger partial charge is 0.357 e. The molecule has 1 aliphatic heterocycles. The van der Waals surface area contributed by atoms with Gasteiger partial charge in [-0.1, -0.05) is 11.6 Å². The van der Waals surface area contributed by atoms with Crippen LogP contribution < -0.4 is 0 Å². The molecule has 3 aromatic rings. The van der Waals surface area contributed by atoms with Crippen LogP contribution in [0.15, 0.2) is 42.5 Å². The highest BCUT2D eigenvalue weighted by atomic mass is 35.5. The number of carbonyl (C=O) groups is 1. The van der Waals surface area contributed by atoms with Crippen LogP contribution in [-0.4, -0.2) is 22.3 Å². The largest absolute Gasteiger partial charge is 0.416 e. The summed E-state index contributed by atoms with van der Waals surface area (Å²) in [7, 11) is 0. The molecule has 0 radical (unpaired) electrons. The molecule has 0 bridgehead atoms. The highest BCUT2D eigenvalue weighted by molar-refractivity contribution is 6.31. The van der Waals surface area contributed by atoms with Crippen LogP contribution in [0.1, 0.15) is 27.2 Å². The number of fused-ring (bicyclic) bond motifs is 3. The van der Waals surface area contributed by atoms with E-state index in [9.17, 15) is 18.0 Å². The quantitative estimate of drug-likeness (QED) is 0.632. The number of nitrogens with one attached hydrogen (secondary N) is 1. The Balaban J connectivity index is 1.58. The van der Waals surface area contributed by atoms with Gasteiger partial charge in [-0.05, 0) is 54.4 Å². The van der Waals surface area contributed by atoms with E-state index in [0.29, 0.717) is 24.5 Å². The number of aromatic nitrogens is 1. The predicted molar refractivity (Wildman–Crippen MR) is 93.2 cm³/mol. The number of benzene rings is 2. The van der Waals surface area contributed by atoms with Gasteiger partial charge >= 0.3 is 6.18 Å². The molecule has 1 N–H and O–H groups in total. The molecule has 3 nitrogen and oxygen atoms in total. The van der Waals surface area contributed by atoms with E-state index in [1.165, 1.54) is 12.1 Å². The molecular formula is C19H14ClF3N2O. The molecule has 7 heteroatoms. The van der Waals surface area contributed by atoms with E-state index < -0.39 is 11.7 Å². The molecule has 0 unspecified atom stereocenters. The number of carbonyl (C=O) groups excluding carboxylic acids is 1. The van der Waals surface area contributed by atoms with Crippen molar-refractivity contribution in [1.82, 2.24) is 9.88 Å². The number of hydrogen-bond donors (Lipinski definition) is 1. The third-order valence-corrected chi connectivity index (χ3v) is 4.92. The highest BCUT2D eigenvalue weighted by Gasteiger charge is 2.31. The Bertz CT molecular complexity index is 992. The van der Waals surface area contributed by atoms with Crippen LogP contribution in [0.25, 0.3) is 10.9 Å². The molecule has 1 aliphatic rings. The van der Waals surface area contributed by atoms with E-state index in [4.69, 9.17) is 11.6 Å². The lowest BCUT2D eigenvalue weighted by molar-refractivity contribution is -0.137. The molecular weight excluding hydrogens is 365 g/mol. The Morgan fingerprint density at radius 1 is 1.12 bits per heavy atom. The Kier molecular flexibility index (Phi) is 3.95. The van der Waals surface area contributed by atoms with Gasteiger partial charge in [-0.15, -0.1) is 0 Å². The molecule has 0 aliphatic carbocycles. The summed E-state index contributed by atoms with van der Waals surface area (Å²) in [6, 6.07) is 9.94. The van der Waals surface area contributed by atoms with Gasteiger partial charge in [-0.25, -0.2) is 0 Å². The van der Waals surface area contributed by atoms with Gasteiger partial charge < -0.3 is 9.88 Å².